The highest BCUT2D eigenvalue weighted by Gasteiger charge is 2.08. The Morgan fingerprint density at radius 2 is 1.86 bits per heavy atom. The van der Waals surface area contributed by atoms with Crippen LogP contribution in [0.15, 0.2) is 56.5 Å². The first kappa shape index (κ1) is 16.7. The number of ether oxygens (including phenoxy) is 1. The second-order valence-electron chi connectivity index (χ2n) is 4.31. The molecule has 0 unspecified atom stereocenters. The van der Waals surface area contributed by atoms with Gasteiger partial charge in [-0.3, -0.25) is 4.79 Å². The average Bonchev–Trinajstić information content (AvgIpc) is 2.51. The number of carbonyl (C=O) groups excluding carboxylic acids is 1. The van der Waals surface area contributed by atoms with Gasteiger partial charge in [-0.2, -0.15) is 5.10 Å². The van der Waals surface area contributed by atoms with Gasteiger partial charge < -0.3 is 4.74 Å². The van der Waals surface area contributed by atoms with Crippen molar-refractivity contribution in [2.75, 3.05) is 6.61 Å². The molecule has 2 aromatic carbocycles. The second kappa shape index (κ2) is 8.10. The van der Waals surface area contributed by atoms with Gasteiger partial charge in [0.15, 0.2) is 0 Å². The van der Waals surface area contributed by atoms with E-state index in [1.807, 2.05) is 25.1 Å². The normalized spacial score (nSPS) is 10.7. The number of hydrogen-bond acceptors (Lipinski definition) is 3. The van der Waals surface area contributed by atoms with E-state index in [4.69, 9.17) is 4.74 Å². The lowest BCUT2D eigenvalue weighted by Crippen LogP contribution is -2.17. The molecule has 6 heteroatoms. The van der Waals surface area contributed by atoms with Crippen molar-refractivity contribution in [2.24, 2.45) is 5.10 Å². The molecule has 0 radical (unpaired) electrons. The van der Waals surface area contributed by atoms with Crippen molar-refractivity contribution in [3.63, 3.8) is 0 Å². The van der Waals surface area contributed by atoms with Gasteiger partial charge in [0.2, 0.25) is 0 Å². The van der Waals surface area contributed by atoms with Gasteiger partial charge in [0, 0.05) is 5.56 Å². The molecule has 0 saturated heterocycles. The molecule has 114 valence electrons. The molecule has 0 heterocycles. The number of hydrogen-bond donors (Lipinski definition) is 1. The average molecular weight is 426 g/mol. The Morgan fingerprint density at radius 1 is 1.23 bits per heavy atom. The topological polar surface area (TPSA) is 50.7 Å². The van der Waals surface area contributed by atoms with Gasteiger partial charge in [0.05, 0.1) is 21.8 Å². The maximum atomic E-state index is 11.8. The summed E-state index contributed by atoms with van der Waals surface area (Å²) in [6.07, 6.45) is 1.58. The van der Waals surface area contributed by atoms with Crippen molar-refractivity contribution in [3.05, 3.63) is 62.5 Å². The molecule has 0 bridgehead atoms. The first-order valence-electron chi connectivity index (χ1n) is 6.62. The van der Waals surface area contributed by atoms with Crippen molar-refractivity contribution in [2.45, 2.75) is 6.92 Å². The van der Waals surface area contributed by atoms with Gasteiger partial charge in [-0.05, 0) is 68.6 Å². The maximum Gasteiger partial charge on any atom is 0.271 e. The molecule has 0 aliphatic carbocycles. The highest BCUT2D eigenvalue weighted by atomic mass is 79.9. The number of carbonyl (C=O) groups is 1. The summed E-state index contributed by atoms with van der Waals surface area (Å²) in [5.74, 6) is 0.494. The van der Waals surface area contributed by atoms with Crippen molar-refractivity contribution in [1.29, 1.82) is 0 Å². The molecule has 0 spiro atoms. The van der Waals surface area contributed by atoms with Crippen LogP contribution in [-0.4, -0.2) is 18.7 Å². The number of benzene rings is 2. The zero-order valence-corrected chi connectivity index (χ0v) is 15.0. The van der Waals surface area contributed by atoms with E-state index in [1.165, 1.54) is 0 Å². The van der Waals surface area contributed by atoms with Crippen molar-refractivity contribution >= 4 is 44.0 Å². The fourth-order valence-corrected chi connectivity index (χ4v) is 3.21. The lowest BCUT2D eigenvalue weighted by molar-refractivity contribution is 0.0955. The van der Waals surface area contributed by atoms with E-state index in [9.17, 15) is 4.79 Å². The molecule has 1 amide bonds. The summed E-state index contributed by atoms with van der Waals surface area (Å²) in [5.41, 5.74) is 3.89. The van der Waals surface area contributed by atoms with Gasteiger partial charge in [-0.15, -0.1) is 0 Å². The van der Waals surface area contributed by atoms with E-state index in [-0.39, 0.29) is 5.91 Å². The van der Waals surface area contributed by atoms with E-state index in [1.54, 1.807) is 30.5 Å². The summed E-state index contributed by atoms with van der Waals surface area (Å²) in [5, 5.41) is 3.97. The van der Waals surface area contributed by atoms with Crippen molar-refractivity contribution in [1.82, 2.24) is 5.43 Å². The molecule has 4 nitrogen and oxygen atoms in total. The van der Waals surface area contributed by atoms with Crippen LogP contribution in [0, 0.1) is 0 Å². The van der Waals surface area contributed by atoms with Crippen LogP contribution in [0.5, 0.6) is 5.75 Å². The van der Waals surface area contributed by atoms with Crippen LogP contribution in [0.25, 0.3) is 0 Å². The van der Waals surface area contributed by atoms with Crippen LogP contribution in [0.1, 0.15) is 22.8 Å². The summed E-state index contributed by atoms with van der Waals surface area (Å²) >= 11 is 6.91. The van der Waals surface area contributed by atoms with E-state index >= 15 is 0 Å². The predicted molar refractivity (Wildman–Crippen MR) is 94.5 cm³/mol. The van der Waals surface area contributed by atoms with Gasteiger partial charge in [-0.25, -0.2) is 5.43 Å². The minimum Gasteiger partial charge on any atom is -0.492 e. The Morgan fingerprint density at radius 3 is 2.45 bits per heavy atom. The number of amides is 1. The summed E-state index contributed by atoms with van der Waals surface area (Å²) in [6.45, 7) is 2.51. The number of nitrogens with one attached hydrogen (secondary N) is 1. The van der Waals surface area contributed by atoms with Crippen molar-refractivity contribution < 1.29 is 9.53 Å². The van der Waals surface area contributed by atoms with Crippen LogP contribution in [0.4, 0.5) is 0 Å². The molecule has 0 saturated carbocycles. The smallest absolute Gasteiger partial charge is 0.271 e. The summed E-state index contributed by atoms with van der Waals surface area (Å²) < 4.78 is 7.15. The van der Waals surface area contributed by atoms with Crippen LogP contribution in [0.2, 0.25) is 0 Å². The number of rotatable bonds is 5. The largest absolute Gasteiger partial charge is 0.492 e. The van der Waals surface area contributed by atoms with Crippen LogP contribution >= 0.6 is 31.9 Å². The number of hydrazone groups is 1. The van der Waals surface area contributed by atoms with E-state index in [0.717, 1.165) is 20.3 Å². The quantitative estimate of drug-likeness (QED) is 0.571. The molecule has 0 aromatic heterocycles. The zero-order chi connectivity index (χ0) is 15.9. The third kappa shape index (κ3) is 4.42. The molecule has 0 fully saturated rings. The highest BCUT2D eigenvalue weighted by Crippen LogP contribution is 2.34. The van der Waals surface area contributed by atoms with Gasteiger partial charge in [0.25, 0.3) is 5.91 Å². The molecular weight excluding hydrogens is 412 g/mol. The van der Waals surface area contributed by atoms with Crippen LogP contribution in [0.3, 0.4) is 0 Å². The van der Waals surface area contributed by atoms with Crippen LogP contribution in [-0.2, 0) is 0 Å². The fraction of sp³-hybridized carbons (Fsp3) is 0.125. The Kier molecular flexibility index (Phi) is 6.15. The summed E-state index contributed by atoms with van der Waals surface area (Å²) in [4.78, 5) is 11.8. The maximum absolute atomic E-state index is 11.8. The third-order valence-corrected chi connectivity index (χ3v) is 3.90. The number of halogens is 2. The zero-order valence-electron chi connectivity index (χ0n) is 11.8. The lowest BCUT2D eigenvalue weighted by atomic mass is 10.2. The van der Waals surface area contributed by atoms with E-state index < -0.39 is 0 Å². The molecule has 0 aliphatic heterocycles. The highest BCUT2D eigenvalue weighted by molar-refractivity contribution is 9.11. The number of nitrogens with zero attached hydrogens (tertiary/aromatic N) is 1. The molecule has 0 aliphatic rings. The Hall–Kier alpha value is -1.66. The molecule has 2 aromatic rings. The standard InChI is InChI=1S/C16H14Br2N2O2/c1-2-22-15-13(17)8-11(9-14(15)18)10-19-20-16(21)12-6-4-3-5-7-12/h3-10H,2H2,1H3,(H,20,21)/b19-10+. The second-order valence-corrected chi connectivity index (χ2v) is 6.02. The minimum absolute atomic E-state index is 0.249. The first-order valence-corrected chi connectivity index (χ1v) is 8.20. The Labute approximate surface area is 145 Å². The van der Waals surface area contributed by atoms with Gasteiger partial charge in [0.1, 0.15) is 5.75 Å². The molecule has 2 rings (SSSR count). The Bertz CT molecular complexity index is 665. The SMILES string of the molecule is CCOc1c(Br)cc(/C=N/NC(=O)c2ccccc2)cc1Br. The van der Waals surface area contributed by atoms with Gasteiger partial charge >= 0.3 is 0 Å². The third-order valence-electron chi connectivity index (χ3n) is 2.72. The monoisotopic (exact) mass is 424 g/mol. The Balaban J connectivity index is 2.06. The van der Waals surface area contributed by atoms with Crippen molar-refractivity contribution in [3.8, 4) is 5.75 Å². The van der Waals surface area contributed by atoms with E-state index in [0.29, 0.717) is 12.2 Å². The summed E-state index contributed by atoms with van der Waals surface area (Å²) in [7, 11) is 0. The first-order chi connectivity index (χ1) is 10.6. The van der Waals surface area contributed by atoms with Crippen LogP contribution < -0.4 is 10.2 Å². The van der Waals surface area contributed by atoms with Gasteiger partial charge in [-0.1, -0.05) is 18.2 Å². The molecule has 1 N–H and O–H groups in total. The van der Waals surface area contributed by atoms with E-state index in [2.05, 4.69) is 42.4 Å². The minimum atomic E-state index is -0.249. The molecule has 22 heavy (non-hydrogen) atoms. The molecular formula is C16H14Br2N2O2. The predicted octanol–water partition coefficient (Wildman–Crippen LogP) is 4.37. The fourth-order valence-electron chi connectivity index (χ4n) is 1.76. The summed E-state index contributed by atoms with van der Waals surface area (Å²) in [6, 6.07) is 12.7. The molecule has 0 atom stereocenters. The lowest BCUT2D eigenvalue weighted by Gasteiger charge is -2.09.